The van der Waals surface area contributed by atoms with Crippen LogP contribution in [0, 0.1) is 6.92 Å². The summed E-state index contributed by atoms with van der Waals surface area (Å²) in [4.78, 5) is 26.5. The molecule has 1 aliphatic heterocycles. The van der Waals surface area contributed by atoms with E-state index in [1.807, 2.05) is 31.2 Å². The summed E-state index contributed by atoms with van der Waals surface area (Å²) >= 11 is 0. The van der Waals surface area contributed by atoms with Crippen molar-refractivity contribution in [2.24, 2.45) is 0 Å². The smallest absolute Gasteiger partial charge is 0.258 e. The highest BCUT2D eigenvalue weighted by Crippen LogP contribution is 2.29. The van der Waals surface area contributed by atoms with Gasteiger partial charge in [-0.2, -0.15) is 0 Å². The Morgan fingerprint density at radius 2 is 2.25 bits per heavy atom. The molecule has 3 heterocycles. The van der Waals surface area contributed by atoms with Crippen LogP contribution in [0.25, 0.3) is 10.9 Å². The van der Waals surface area contributed by atoms with Gasteiger partial charge >= 0.3 is 0 Å². The molecule has 2 aromatic heterocycles. The molecule has 0 amide bonds. The van der Waals surface area contributed by atoms with Gasteiger partial charge in [0.2, 0.25) is 0 Å². The number of hydrogen-bond donors (Lipinski definition) is 1. The highest BCUT2D eigenvalue weighted by molar-refractivity contribution is 5.77. The van der Waals surface area contributed by atoms with Gasteiger partial charge < -0.3 is 9.40 Å². The van der Waals surface area contributed by atoms with Gasteiger partial charge in [0.25, 0.3) is 5.56 Å². The van der Waals surface area contributed by atoms with E-state index < -0.39 is 0 Å². The Balaban J connectivity index is 1.57. The zero-order chi connectivity index (χ0) is 16.5. The quantitative estimate of drug-likeness (QED) is 0.798. The molecule has 1 atom stereocenters. The monoisotopic (exact) mass is 324 g/mol. The van der Waals surface area contributed by atoms with Gasteiger partial charge in [-0.15, -0.1) is 0 Å². The van der Waals surface area contributed by atoms with Gasteiger partial charge in [-0.25, -0.2) is 9.97 Å². The number of rotatable bonds is 4. The third-order valence-corrected chi connectivity index (χ3v) is 4.63. The molecule has 24 heavy (non-hydrogen) atoms. The zero-order valence-electron chi connectivity index (χ0n) is 13.7. The lowest BCUT2D eigenvalue weighted by atomic mass is 10.1. The Kier molecular flexibility index (Phi) is 3.90. The molecule has 1 aliphatic rings. The molecule has 1 unspecified atom stereocenters. The molecule has 1 aromatic carbocycles. The minimum atomic E-state index is -0.0618. The second-order valence-electron chi connectivity index (χ2n) is 6.26. The SMILES string of the molecule is Cc1ncc(CCN2CCCC2c2nc3ccccc3c(=O)[nH]2)o1. The topological polar surface area (TPSA) is 75.0 Å². The minimum absolute atomic E-state index is 0.0618. The van der Waals surface area contributed by atoms with Crippen molar-refractivity contribution in [3.05, 3.63) is 58.3 Å². The second kappa shape index (κ2) is 6.20. The molecule has 6 heteroatoms. The number of aryl methyl sites for hydroxylation is 1. The number of hydrogen-bond acceptors (Lipinski definition) is 5. The molecule has 0 spiro atoms. The summed E-state index contributed by atoms with van der Waals surface area (Å²) in [6, 6.07) is 7.64. The summed E-state index contributed by atoms with van der Waals surface area (Å²) in [5.41, 5.74) is 0.697. The summed E-state index contributed by atoms with van der Waals surface area (Å²) in [7, 11) is 0. The fourth-order valence-electron chi connectivity index (χ4n) is 3.44. The average Bonchev–Trinajstić information content (AvgIpc) is 3.21. The van der Waals surface area contributed by atoms with Gasteiger partial charge in [0.1, 0.15) is 11.6 Å². The molecule has 0 saturated carbocycles. The van der Waals surface area contributed by atoms with Crippen LogP contribution in [0.4, 0.5) is 0 Å². The molecular formula is C18H20N4O2. The lowest BCUT2D eigenvalue weighted by Crippen LogP contribution is -2.28. The molecule has 1 saturated heterocycles. The van der Waals surface area contributed by atoms with Gasteiger partial charge in [0.15, 0.2) is 5.89 Å². The van der Waals surface area contributed by atoms with E-state index in [1.165, 1.54) is 0 Å². The summed E-state index contributed by atoms with van der Waals surface area (Å²) in [5.74, 6) is 2.37. The van der Waals surface area contributed by atoms with Crippen molar-refractivity contribution in [2.75, 3.05) is 13.1 Å². The first-order valence-corrected chi connectivity index (χ1v) is 8.35. The van der Waals surface area contributed by atoms with Crippen LogP contribution in [0.5, 0.6) is 0 Å². The fraction of sp³-hybridized carbons (Fsp3) is 0.389. The molecule has 0 aliphatic carbocycles. The molecule has 4 rings (SSSR count). The summed E-state index contributed by atoms with van der Waals surface area (Å²) in [6.07, 6.45) is 4.72. The third kappa shape index (κ3) is 2.85. The van der Waals surface area contributed by atoms with Gasteiger partial charge in [-0.05, 0) is 31.5 Å². The van der Waals surface area contributed by atoms with Gasteiger partial charge in [-0.3, -0.25) is 9.69 Å². The van der Waals surface area contributed by atoms with Crippen molar-refractivity contribution in [2.45, 2.75) is 32.2 Å². The maximum atomic E-state index is 12.3. The normalized spacial score (nSPS) is 18.5. The van der Waals surface area contributed by atoms with Crippen molar-refractivity contribution in [1.29, 1.82) is 0 Å². The number of para-hydroxylation sites is 1. The highest BCUT2D eigenvalue weighted by atomic mass is 16.4. The largest absolute Gasteiger partial charge is 0.446 e. The summed E-state index contributed by atoms with van der Waals surface area (Å²) in [5, 5.41) is 0.642. The van der Waals surface area contributed by atoms with Crippen molar-refractivity contribution in [3.63, 3.8) is 0 Å². The predicted octanol–water partition coefficient (Wildman–Crippen LogP) is 2.60. The van der Waals surface area contributed by atoms with Crippen molar-refractivity contribution in [1.82, 2.24) is 19.9 Å². The number of H-pyrrole nitrogens is 1. The maximum Gasteiger partial charge on any atom is 0.258 e. The highest BCUT2D eigenvalue weighted by Gasteiger charge is 2.28. The second-order valence-corrected chi connectivity index (χ2v) is 6.26. The number of benzene rings is 1. The average molecular weight is 324 g/mol. The first kappa shape index (κ1) is 15.1. The molecule has 1 N–H and O–H groups in total. The van der Waals surface area contributed by atoms with E-state index in [0.717, 1.165) is 49.5 Å². The van der Waals surface area contributed by atoms with Crippen LogP contribution in [0.2, 0.25) is 0 Å². The number of nitrogens with zero attached hydrogens (tertiary/aromatic N) is 3. The van der Waals surface area contributed by atoms with Crippen LogP contribution >= 0.6 is 0 Å². The molecule has 124 valence electrons. The first-order chi connectivity index (χ1) is 11.7. The maximum absolute atomic E-state index is 12.3. The van der Waals surface area contributed by atoms with E-state index in [4.69, 9.17) is 9.40 Å². The molecule has 3 aromatic rings. The molecule has 6 nitrogen and oxygen atoms in total. The van der Waals surface area contributed by atoms with E-state index in [2.05, 4.69) is 14.9 Å². The number of fused-ring (bicyclic) bond motifs is 1. The Morgan fingerprint density at radius 1 is 1.38 bits per heavy atom. The zero-order valence-corrected chi connectivity index (χ0v) is 13.7. The molecular weight excluding hydrogens is 304 g/mol. The van der Waals surface area contributed by atoms with E-state index in [9.17, 15) is 4.79 Å². The van der Waals surface area contributed by atoms with Gasteiger partial charge in [0.05, 0.1) is 23.1 Å². The number of likely N-dealkylation sites (tertiary alicyclic amines) is 1. The molecule has 0 radical (unpaired) electrons. The van der Waals surface area contributed by atoms with Crippen LogP contribution < -0.4 is 5.56 Å². The van der Waals surface area contributed by atoms with Crippen molar-refractivity contribution >= 4 is 10.9 Å². The van der Waals surface area contributed by atoms with E-state index in [1.54, 1.807) is 6.20 Å². The Bertz CT molecular complexity index is 915. The number of aromatic amines is 1. The standard InChI is InChI=1S/C18H20N4O2/c1-12-19-11-13(24-12)8-10-22-9-4-7-16(22)17-20-15-6-3-2-5-14(15)18(23)21-17/h2-3,5-6,11,16H,4,7-10H2,1H3,(H,20,21,23). The predicted molar refractivity (Wildman–Crippen MR) is 90.9 cm³/mol. The van der Waals surface area contributed by atoms with Crippen LogP contribution in [0.3, 0.4) is 0 Å². The molecule has 1 fully saturated rings. The Morgan fingerprint density at radius 3 is 3.08 bits per heavy atom. The lowest BCUT2D eigenvalue weighted by molar-refractivity contribution is 0.245. The third-order valence-electron chi connectivity index (χ3n) is 4.63. The summed E-state index contributed by atoms with van der Waals surface area (Å²) in [6.45, 7) is 3.73. The minimum Gasteiger partial charge on any atom is -0.446 e. The van der Waals surface area contributed by atoms with E-state index >= 15 is 0 Å². The van der Waals surface area contributed by atoms with Crippen molar-refractivity contribution < 1.29 is 4.42 Å². The molecule has 0 bridgehead atoms. The van der Waals surface area contributed by atoms with E-state index in [-0.39, 0.29) is 11.6 Å². The fourth-order valence-corrected chi connectivity index (χ4v) is 3.44. The van der Waals surface area contributed by atoms with Gasteiger partial charge in [-0.1, -0.05) is 12.1 Å². The van der Waals surface area contributed by atoms with Crippen LogP contribution in [0.15, 0.2) is 39.7 Å². The summed E-state index contributed by atoms with van der Waals surface area (Å²) < 4.78 is 5.55. The van der Waals surface area contributed by atoms with Gasteiger partial charge in [0, 0.05) is 19.9 Å². The number of oxazole rings is 1. The first-order valence-electron chi connectivity index (χ1n) is 8.35. The lowest BCUT2D eigenvalue weighted by Gasteiger charge is -2.23. The van der Waals surface area contributed by atoms with Crippen molar-refractivity contribution in [3.8, 4) is 0 Å². The van der Waals surface area contributed by atoms with E-state index in [0.29, 0.717) is 11.3 Å². The van der Waals surface area contributed by atoms with Crippen LogP contribution in [-0.4, -0.2) is 32.9 Å². The van der Waals surface area contributed by atoms with Crippen LogP contribution in [-0.2, 0) is 6.42 Å². The van der Waals surface area contributed by atoms with Crippen LogP contribution in [0.1, 0.15) is 36.4 Å². The Labute approximate surface area is 139 Å². The number of aromatic nitrogens is 3. The Hall–Kier alpha value is -2.47. The number of nitrogens with one attached hydrogen (secondary N) is 1.